The van der Waals surface area contributed by atoms with Crippen molar-refractivity contribution in [2.24, 2.45) is 5.41 Å². The first kappa shape index (κ1) is 29.7. The van der Waals surface area contributed by atoms with Crippen LogP contribution in [0.15, 0.2) is 52.5 Å². The Morgan fingerprint density at radius 1 is 1.10 bits per heavy atom. The van der Waals surface area contributed by atoms with Crippen LogP contribution >= 0.6 is 34.4 Å². The molecule has 2 aliphatic rings. The standard InChI is InChI=1S/C27H30F3IN6OS2/c1-25(2,3)40(38)37-20-16-8-5-4-7-15(16)18(26(20)10-13-33-14-11-26)19-22(31)36-24(23(32)35-19)39-17-9-6-12-34-21(17)27(28,29)30/h4-9,12,18,20,33,37H,10-11,13-14H2,1-3H3,(H2,32,35)/t18?,20-,40?/m1/s1. The van der Waals surface area contributed by atoms with Crippen LogP contribution < -0.4 is 15.8 Å². The number of alkyl halides is 3. The van der Waals surface area contributed by atoms with Crippen molar-refractivity contribution in [3.63, 3.8) is 0 Å². The molecule has 0 amide bonds. The van der Waals surface area contributed by atoms with Crippen molar-refractivity contribution in [3.05, 3.63) is 68.8 Å². The summed E-state index contributed by atoms with van der Waals surface area (Å²) in [7, 11) is -1.31. The Morgan fingerprint density at radius 3 is 2.42 bits per heavy atom. The number of nitrogen functional groups attached to an aromatic ring is 1. The fraction of sp³-hybridized carbons (Fsp3) is 0.444. The number of benzene rings is 1. The van der Waals surface area contributed by atoms with Crippen LogP contribution in [-0.4, -0.2) is 37.0 Å². The number of pyridine rings is 1. The van der Waals surface area contributed by atoms with Crippen LogP contribution in [0.5, 0.6) is 0 Å². The lowest BCUT2D eigenvalue weighted by Crippen LogP contribution is -2.48. The van der Waals surface area contributed by atoms with E-state index in [1.807, 2.05) is 32.9 Å². The summed E-state index contributed by atoms with van der Waals surface area (Å²) in [6, 6.07) is 10.7. The van der Waals surface area contributed by atoms with Gasteiger partial charge in [0.2, 0.25) is 0 Å². The van der Waals surface area contributed by atoms with Crippen LogP contribution in [-0.2, 0) is 17.2 Å². The van der Waals surface area contributed by atoms with Gasteiger partial charge >= 0.3 is 6.18 Å². The van der Waals surface area contributed by atoms with Crippen molar-refractivity contribution in [2.45, 2.75) is 66.4 Å². The first-order chi connectivity index (χ1) is 18.8. The van der Waals surface area contributed by atoms with Gasteiger partial charge in [-0.25, -0.2) is 18.9 Å². The summed E-state index contributed by atoms with van der Waals surface area (Å²) in [5.41, 5.74) is 7.90. The quantitative estimate of drug-likeness (QED) is 0.287. The Hall–Kier alpha value is -1.81. The van der Waals surface area contributed by atoms with E-state index in [-0.39, 0.29) is 33.1 Å². The summed E-state index contributed by atoms with van der Waals surface area (Å²) in [4.78, 5) is 12.9. The predicted molar refractivity (Wildman–Crippen MR) is 159 cm³/mol. The van der Waals surface area contributed by atoms with Crippen LogP contribution in [0.4, 0.5) is 19.0 Å². The van der Waals surface area contributed by atoms with Crippen LogP contribution in [0.2, 0.25) is 0 Å². The molecule has 0 saturated carbocycles. The van der Waals surface area contributed by atoms with E-state index in [0.29, 0.717) is 9.39 Å². The summed E-state index contributed by atoms with van der Waals surface area (Å²) in [6.45, 7) is 7.42. The summed E-state index contributed by atoms with van der Waals surface area (Å²) in [5.74, 6) is -0.126. The van der Waals surface area contributed by atoms with E-state index in [1.54, 1.807) is 0 Å². The van der Waals surface area contributed by atoms with E-state index in [1.165, 1.54) is 12.1 Å². The Kier molecular flexibility index (Phi) is 8.25. The van der Waals surface area contributed by atoms with E-state index in [0.717, 1.165) is 55.0 Å². The number of hydrogen-bond acceptors (Lipinski definition) is 7. The molecule has 214 valence electrons. The molecule has 3 atom stereocenters. The van der Waals surface area contributed by atoms with Gasteiger partial charge in [0.1, 0.15) is 8.73 Å². The van der Waals surface area contributed by atoms with Gasteiger partial charge in [-0.2, -0.15) is 13.2 Å². The number of nitrogens with one attached hydrogen (secondary N) is 2. The van der Waals surface area contributed by atoms with E-state index < -0.39 is 27.6 Å². The SMILES string of the molecule is CC(C)(C)S(=O)N[C@@H]1c2ccccc2C(c2nc(N)c(Sc3cccnc3C(F)(F)F)nc2I)C12CCNCC2. The molecule has 5 rings (SSSR count). The van der Waals surface area contributed by atoms with E-state index in [4.69, 9.17) is 10.7 Å². The minimum absolute atomic E-state index is 0.0636. The molecule has 1 aliphatic heterocycles. The molecule has 1 spiro atoms. The Bertz CT molecular complexity index is 1440. The van der Waals surface area contributed by atoms with Crippen LogP contribution in [0.3, 0.4) is 0 Å². The first-order valence-corrected chi connectivity index (χ1v) is 15.9. The normalized spacial score (nSPS) is 21.4. The van der Waals surface area contributed by atoms with Gasteiger partial charge in [0.05, 0.1) is 27.5 Å². The number of piperidine rings is 1. The maximum Gasteiger partial charge on any atom is 0.434 e. The molecule has 1 aliphatic carbocycles. The molecule has 1 saturated heterocycles. The second-order valence-corrected chi connectivity index (χ2v) is 15.1. The molecule has 40 heavy (non-hydrogen) atoms. The molecule has 2 aromatic heterocycles. The molecule has 3 heterocycles. The molecule has 4 N–H and O–H groups in total. The Balaban J connectivity index is 1.60. The third-order valence-electron chi connectivity index (χ3n) is 7.47. The molecule has 0 bridgehead atoms. The molecular formula is C27H30F3IN6OS2. The monoisotopic (exact) mass is 702 g/mol. The van der Waals surface area contributed by atoms with E-state index >= 15 is 0 Å². The lowest BCUT2D eigenvalue weighted by atomic mass is 9.66. The number of rotatable bonds is 5. The zero-order valence-corrected chi connectivity index (χ0v) is 26.0. The second-order valence-electron chi connectivity index (χ2n) is 11.0. The third-order valence-corrected chi connectivity index (χ3v) is 10.9. The van der Waals surface area contributed by atoms with Crippen molar-refractivity contribution in [2.75, 3.05) is 18.8 Å². The van der Waals surface area contributed by atoms with Crippen molar-refractivity contribution in [3.8, 4) is 0 Å². The summed E-state index contributed by atoms with van der Waals surface area (Å²) >= 11 is 2.92. The van der Waals surface area contributed by atoms with Gasteiger partial charge in [-0.3, -0.25) is 4.98 Å². The molecule has 2 unspecified atom stereocenters. The highest BCUT2D eigenvalue weighted by Gasteiger charge is 2.56. The fourth-order valence-electron chi connectivity index (χ4n) is 5.65. The smallest absolute Gasteiger partial charge is 0.381 e. The molecule has 13 heteroatoms. The zero-order chi connectivity index (χ0) is 28.9. The topological polar surface area (TPSA) is 106 Å². The molecule has 1 fully saturated rings. The van der Waals surface area contributed by atoms with Crippen molar-refractivity contribution < 1.29 is 17.4 Å². The summed E-state index contributed by atoms with van der Waals surface area (Å²) in [5, 5.41) is 3.65. The highest BCUT2D eigenvalue weighted by Crippen LogP contribution is 2.61. The number of anilines is 1. The highest BCUT2D eigenvalue weighted by atomic mass is 127. The Morgan fingerprint density at radius 2 is 1.77 bits per heavy atom. The average Bonchev–Trinajstić information content (AvgIpc) is 3.14. The lowest BCUT2D eigenvalue weighted by Gasteiger charge is -2.44. The van der Waals surface area contributed by atoms with Gasteiger partial charge in [-0.15, -0.1) is 0 Å². The first-order valence-electron chi connectivity index (χ1n) is 12.8. The van der Waals surface area contributed by atoms with Crippen molar-refractivity contribution in [1.29, 1.82) is 0 Å². The minimum atomic E-state index is -4.61. The number of nitrogens with zero attached hydrogens (tertiary/aromatic N) is 3. The highest BCUT2D eigenvalue weighted by molar-refractivity contribution is 14.1. The molecule has 3 aromatic rings. The zero-order valence-electron chi connectivity index (χ0n) is 22.2. The van der Waals surface area contributed by atoms with E-state index in [2.05, 4.69) is 54.7 Å². The molecule has 7 nitrogen and oxygen atoms in total. The lowest BCUT2D eigenvalue weighted by molar-refractivity contribution is -0.143. The van der Waals surface area contributed by atoms with Gasteiger partial charge in [0.25, 0.3) is 0 Å². The predicted octanol–water partition coefficient (Wildman–Crippen LogP) is 5.84. The van der Waals surface area contributed by atoms with Crippen molar-refractivity contribution >= 4 is 51.2 Å². The number of aromatic nitrogens is 3. The minimum Gasteiger partial charge on any atom is -0.381 e. The molecule has 1 aromatic carbocycles. The third kappa shape index (κ3) is 5.51. The Labute approximate surface area is 251 Å². The largest absolute Gasteiger partial charge is 0.434 e. The van der Waals surface area contributed by atoms with Gasteiger partial charge in [0.15, 0.2) is 11.5 Å². The maximum atomic E-state index is 13.6. The molecular weight excluding hydrogens is 672 g/mol. The summed E-state index contributed by atoms with van der Waals surface area (Å²) < 4.78 is 57.7. The van der Waals surface area contributed by atoms with Gasteiger partial charge < -0.3 is 11.1 Å². The maximum absolute atomic E-state index is 13.6. The van der Waals surface area contributed by atoms with Crippen LogP contribution in [0.25, 0.3) is 0 Å². The summed E-state index contributed by atoms with van der Waals surface area (Å²) in [6.07, 6.45) is -1.88. The second kappa shape index (κ2) is 11.1. The average molecular weight is 703 g/mol. The van der Waals surface area contributed by atoms with Gasteiger partial charge in [0, 0.05) is 22.4 Å². The van der Waals surface area contributed by atoms with Gasteiger partial charge in [-0.1, -0.05) is 36.0 Å². The van der Waals surface area contributed by atoms with Crippen LogP contribution in [0.1, 0.15) is 68.1 Å². The van der Waals surface area contributed by atoms with Crippen molar-refractivity contribution in [1.82, 2.24) is 25.0 Å². The fourth-order valence-corrected chi connectivity index (χ4v) is 8.33. The van der Waals surface area contributed by atoms with Gasteiger partial charge in [-0.05, 0) is 92.6 Å². The molecule has 0 radical (unpaired) electrons. The number of hydrogen-bond donors (Lipinski definition) is 3. The van der Waals surface area contributed by atoms with Crippen LogP contribution in [0, 0.1) is 9.12 Å². The number of nitrogens with two attached hydrogens (primary N) is 1. The number of fused-ring (bicyclic) bond motifs is 1. The van der Waals surface area contributed by atoms with E-state index in [9.17, 15) is 17.4 Å². The number of halogens is 4.